The summed E-state index contributed by atoms with van der Waals surface area (Å²) < 4.78 is 11.9. The second-order valence-electron chi connectivity index (χ2n) is 6.34. The van der Waals surface area contributed by atoms with Gasteiger partial charge < -0.3 is 9.16 Å². The van der Waals surface area contributed by atoms with Crippen molar-refractivity contribution in [2.24, 2.45) is 0 Å². The van der Waals surface area contributed by atoms with Crippen molar-refractivity contribution in [2.75, 3.05) is 5.32 Å². The van der Waals surface area contributed by atoms with E-state index in [1.807, 2.05) is 0 Å². The maximum absolute atomic E-state index is 11.8. The first-order chi connectivity index (χ1) is 8.96. The van der Waals surface area contributed by atoms with Crippen molar-refractivity contribution in [3.63, 3.8) is 0 Å². The maximum Gasteiger partial charge on any atom is 0.413 e. The van der Waals surface area contributed by atoms with Gasteiger partial charge in [0.25, 0.3) is 0 Å². The first-order valence-electron chi connectivity index (χ1n) is 6.31. The number of aromatic nitrogens is 1. The minimum absolute atomic E-state index is 0.366. The number of carbonyl (C=O) groups is 1. The molecular formula is C13H21BrN2O3Si. The summed E-state index contributed by atoms with van der Waals surface area (Å²) in [5.41, 5.74) is -0.556. The first kappa shape index (κ1) is 17.0. The minimum atomic E-state index is -1.80. The highest BCUT2D eigenvalue weighted by Crippen LogP contribution is 2.28. The molecule has 1 N–H and O–H groups in total. The zero-order valence-corrected chi connectivity index (χ0v) is 15.3. The molecule has 0 spiro atoms. The van der Waals surface area contributed by atoms with Crippen LogP contribution >= 0.6 is 15.9 Å². The van der Waals surface area contributed by atoms with Gasteiger partial charge in [0.15, 0.2) is 5.82 Å². The monoisotopic (exact) mass is 360 g/mol. The number of ether oxygens (including phenoxy) is 1. The molecule has 0 aliphatic heterocycles. The Balaban J connectivity index is 2.92. The second kappa shape index (κ2) is 6.13. The van der Waals surface area contributed by atoms with Crippen LogP contribution in [0.15, 0.2) is 16.7 Å². The molecule has 112 valence electrons. The molecule has 20 heavy (non-hydrogen) atoms. The van der Waals surface area contributed by atoms with E-state index >= 15 is 0 Å². The van der Waals surface area contributed by atoms with Gasteiger partial charge in [-0.15, -0.1) is 0 Å². The fourth-order valence-electron chi connectivity index (χ4n) is 1.32. The fourth-order valence-corrected chi connectivity index (χ4v) is 2.45. The predicted octanol–water partition coefficient (Wildman–Crippen LogP) is 4.40. The van der Waals surface area contributed by atoms with Crippen molar-refractivity contribution in [2.45, 2.75) is 46.0 Å². The smallest absolute Gasteiger partial charge is 0.413 e. The Hall–Kier alpha value is -1.08. The number of nitrogens with zero attached hydrogens (tertiary/aromatic N) is 1. The van der Waals surface area contributed by atoms with Gasteiger partial charge in [-0.2, -0.15) is 0 Å². The molecule has 0 aliphatic carbocycles. The van der Waals surface area contributed by atoms with Gasteiger partial charge >= 0.3 is 6.09 Å². The van der Waals surface area contributed by atoms with Crippen LogP contribution in [0.5, 0.6) is 5.75 Å². The largest absolute Gasteiger partial charge is 0.542 e. The standard InChI is InChI=1S/C13H21BrN2O3Si/c1-13(2,3)18-12(17)16-11-10(19-20(4,5)6)7-9(14)8-15-11/h7-8H,1-6H3,(H,15,16,17). The molecule has 1 rings (SSSR count). The predicted molar refractivity (Wildman–Crippen MR) is 85.8 cm³/mol. The van der Waals surface area contributed by atoms with Crippen LogP contribution in [0.4, 0.5) is 10.6 Å². The molecule has 1 amide bonds. The van der Waals surface area contributed by atoms with Crippen molar-refractivity contribution >= 4 is 36.2 Å². The summed E-state index contributed by atoms with van der Waals surface area (Å²) in [6.45, 7) is 11.6. The van der Waals surface area contributed by atoms with Gasteiger partial charge in [-0.25, -0.2) is 9.78 Å². The zero-order valence-electron chi connectivity index (χ0n) is 12.7. The summed E-state index contributed by atoms with van der Waals surface area (Å²) in [4.78, 5) is 16.0. The Morgan fingerprint density at radius 3 is 2.45 bits per heavy atom. The average Bonchev–Trinajstić information content (AvgIpc) is 2.17. The molecule has 1 aromatic rings. The number of hydrogen-bond donors (Lipinski definition) is 1. The normalized spacial score (nSPS) is 11.9. The van der Waals surface area contributed by atoms with Gasteiger partial charge in [-0.1, -0.05) is 0 Å². The molecule has 0 saturated heterocycles. The second-order valence-corrected chi connectivity index (χ2v) is 11.7. The van der Waals surface area contributed by atoms with Crippen LogP contribution in [0.25, 0.3) is 0 Å². The first-order valence-corrected chi connectivity index (χ1v) is 10.5. The number of rotatable bonds is 3. The summed E-state index contributed by atoms with van der Waals surface area (Å²) in [5.74, 6) is 0.911. The van der Waals surface area contributed by atoms with Crippen LogP contribution in [0.1, 0.15) is 20.8 Å². The number of halogens is 1. The van der Waals surface area contributed by atoms with Gasteiger partial charge in [0, 0.05) is 10.7 Å². The highest BCUT2D eigenvalue weighted by atomic mass is 79.9. The van der Waals surface area contributed by atoms with Crippen LogP contribution in [-0.2, 0) is 4.74 Å². The van der Waals surface area contributed by atoms with Gasteiger partial charge in [-0.3, -0.25) is 5.32 Å². The molecule has 7 heteroatoms. The fraction of sp³-hybridized carbons (Fsp3) is 0.538. The van der Waals surface area contributed by atoms with E-state index in [4.69, 9.17) is 9.16 Å². The van der Waals surface area contributed by atoms with Crippen LogP contribution in [-0.4, -0.2) is 25.0 Å². The number of pyridine rings is 1. The van der Waals surface area contributed by atoms with Crippen molar-refractivity contribution in [1.82, 2.24) is 4.98 Å². The third-order valence-corrected chi connectivity index (χ3v) is 3.12. The van der Waals surface area contributed by atoms with Crippen molar-refractivity contribution in [1.29, 1.82) is 0 Å². The molecule has 0 bridgehead atoms. The molecule has 0 aliphatic rings. The van der Waals surface area contributed by atoms with Gasteiger partial charge in [0.05, 0.1) is 0 Å². The molecule has 5 nitrogen and oxygen atoms in total. The van der Waals surface area contributed by atoms with Crippen LogP contribution < -0.4 is 9.74 Å². The van der Waals surface area contributed by atoms with E-state index in [1.54, 1.807) is 33.0 Å². The van der Waals surface area contributed by atoms with Gasteiger partial charge in [-0.05, 0) is 62.4 Å². The molecule has 0 atom stereocenters. The van der Waals surface area contributed by atoms with E-state index in [9.17, 15) is 4.79 Å². The number of nitrogens with one attached hydrogen (secondary N) is 1. The van der Waals surface area contributed by atoms with Gasteiger partial charge in [0.2, 0.25) is 8.32 Å². The maximum atomic E-state index is 11.8. The van der Waals surface area contributed by atoms with E-state index in [-0.39, 0.29) is 0 Å². The van der Waals surface area contributed by atoms with E-state index in [1.165, 1.54) is 0 Å². The number of hydrogen-bond acceptors (Lipinski definition) is 4. The summed E-state index contributed by atoms with van der Waals surface area (Å²) in [6.07, 6.45) is 1.05. The Morgan fingerprint density at radius 2 is 1.95 bits per heavy atom. The SMILES string of the molecule is CC(C)(C)OC(=O)Nc1ncc(Br)cc1O[Si](C)(C)C. The molecule has 0 aromatic carbocycles. The lowest BCUT2D eigenvalue weighted by atomic mass is 10.2. The van der Waals surface area contributed by atoms with E-state index in [0.717, 1.165) is 4.47 Å². The third-order valence-electron chi connectivity index (χ3n) is 1.85. The van der Waals surface area contributed by atoms with Crippen LogP contribution in [0, 0.1) is 0 Å². The summed E-state index contributed by atoms with van der Waals surface area (Å²) in [7, 11) is -1.80. The lowest BCUT2D eigenvalue weighted by Gasteiger charge is -2.23. The highest BCUT2D eigenvalue weighted by molar-refractivity contribution is 9.10. The van der Waals surface area contributed by atoms with E-state index in [0.29, 0.717) is 11.6 Å². The highest BCUT2D eigenvalue weighted by Gasteiger charge is 2.22. The summed E-state index contributed by atoms with van der Waals surface area (Å²) in [6, 6.07) is 1.79. The minimum Gasteiger partial charge on any atom is -0.542 e. The Bertz CT molecular complexity index is 495. The number of amides is 1. The molecule has 0 fully saturated rings. The van der Waals surface area contributed by atoms with E-state index < -0.39 is 20.0 Å². The molecule has 0 saturated carbocycles. The van der Waals surface area contributed by atoms with Gasteiger partial charge in [0.1, 0.15) is 11.4 Å². The number of carbonyl (C=O) groups excluding carboxylic acids is 1. The quantitative estimate of drug-likeness (QED) is 0.811. The summed E-state index contributed by atoms with van der Waals surface area (Å²) >= 11 is 3.35. The molecule has 0 radical (unpaired) electrons. The lowest BCUT2D eigenvalue weighted by Crippen LogP contribution is -2.31. The Labute approximate surface area is 129 Å². The summed E-state index contributed by atoms with van der Waals surface area (Å²) in [5, 5.41) is 2.62. The number of anilines is 1. The molecule has 1 heterocycles. The Morgan fingerprint density at radius 1 is 1.35 bits per heavy atom. The third kappa shape index (κ3) is 6.38. The van der Waals surface area contributed by atoms with Crippen molar-refractivity contribution in [3.8, 4) is 5.75 Å². The molecular weight excluding hydrogens is 340 g/mol. The van der Waals surface area contributed by atoms with E-state index in [2.05, 4.69) is 45.9 Å². The molecule has 1 aromatic heterocycles. The van der Waals surface area contributed by atoms with Crippen LogP contribution in [0.2, 0.25) is 19.6 Å². The Kier molecular flexibility index (Phi) is 5.20. The van der Waals surface area contributed by atoms with Crippen molar-refractivity contribution < 1.29 is 14.0 Å². The average molecular weight is 361 g/mol. The zero-order chi connectivity index (χ0) is 15.6. The lowest BCUT2D eigenvalue weighted by molar-refractivity contribution is 0.0635. The van der Waals surface area contributed by atoms with Crippen molar-refractivity contribution in [3.05, 3.63) is 16.7 Å². The topological polar surface area (TPSA) is 60.5 Å². The molecule has 0 unspecified atom stereocenters. The van der Waals surface area contributed by atoms with Crippen LogP contribution in [0.3, 0.4) is 0 Å².